The van der Waals surface area contributed by atoms with Crippen molar-refractivity contribution in [2.45, 2.75) is 58.5 Å². The van der Waals surface area contributed by atoms with Crippen LogP contribution in [-0.2, 0) is 26.2 Å². The number of anilines is 1. The summed E-state index contributed by atoms with van der Waals surface area (Å²) in [5.74, 6) is -0.912. The van der Waals surface area contributed by atoms with Gasteiger partial charge in [-0.05, 0) is 81.6 Å². The van der Waals surface area contributed by atoms with Crippen molar-refractivity contribution < 1.29 is 18.0 Å². The van der Waals surface area contributed by atoms with Gasteiger partial charge in [0.15, 0.2) is 0 Å². The van der Waals surface area contributed by atoms with E-state index in [1.807, 2.05) is 26.8 Å². The number of sulfonamides is 1. The minimum atomic E-state index is -4.15. The second kappa shape index (κ2) is 13.5. The van der Waals surface area contributed by atoms with Crippen molar-refractivity contribution in [1.29, 1.82) is 0 Å². The minimum absolute atomic E-state index is 0.0570. The largest absolute Gasteiger partial charge is 0.355 e. The molecule has 0 saturated heterocycles. The number of carbonyl (C=O) groups is 2. The van der Waals surface area contributed by atoms with Gasteiger partial charge in [0, 0.05) is 28.7 Å². The average molecular weight is 605 g/mol. The van der Waals surface area contributed by atoms with Crippen LogP contribution in [0.1, 0.15) is 42.5 Å². The van der Waals surface area contributed by atoms with Gasteiger partial charge in [0.25, 0.3) is 10.0 Å². The Hall–Kier alpha value is -3.07. The van der Waals surface area contributed by atoms with E-state index in [4.69, 9.17) is 23.2 Å². The molecule has 3 aromatic carbocycles. The van der Waals surface area contributed by atoms with E-state index in [0.29, 0.717) is 34.3 Å². The Kier molecular flexibility index (Phi) is 10.6. The number of nitrogens with zero attached hydrogens (tertiary/aromatic N) is 2. The smallest absolute Gasteiger partial charge is 0.264 e. The van der Waals surface area contributed by atoms with Crippen LogP contribution in [0.15, 0.2) is 65.6 Å². The van der Waals surface area contributed by atoms with Crippen LogP contribution in [0.5, 0.6) is 0 Å². The highest BCUT2D eigenvalue weighted by Crippen LogP contribution is 2.29. The van der Waals surface area contributed by atoms with E-state index < -0.39 is 28.5 Å². The van der Waals surface area contributed by atoms with Gasteiger partial charge in [-0.2, -0.15) is 0 Å². The molecule has 0 aromatic heterocycles. The molecule has 3 aromatic rings. The number of amides is 2. The maximum atomic E-state index is 14.1. The van der Waals surface area contributed by atoms with Crippen molar-refractivity contribution in [3.05, 3.63) is 93.0 Å². The second-order valence-electron chi connectivity index (χ2n) is 9.71. The lowest BCUT2D eigenvalue weighted by Gasteiger charge is -2.33. The van der Waals surface area contributed by atoms with Crippen molar-refractivity contribution >= 4 is 50.7 Å². The van der Waals surface area contributed by atoms with Crippen molar-refractivity contribution in [1.82, 2.24) is 10.2 Å². The number of benzene rings is 3. The quantitative estimate of drug-likeness (QED) is 0.289. The summed E-state index contributed by atoms with van der Waals surface area (Å²) < 4.78 is 29.1. The number of likely N-dealkylation sites (N-methyl/N-ethyl adjacent to an activating group) is 1. The van der Waals surface area contributed by atoms with E-state index in [9.17, 15) is 18.0 Å². The second-order valence-corrected chi connectivity index (χ2v) is 12.4. The van der Waals surface area contributed by atoms with Gasteiger partial charge in [-0.3, -0.25) is 13.9 Å². The highest BCUT2D eigenvalue weighted by molar-refractivity contribution is 7.92. The van der Waals surface area contributed by atoms with Crippen LogP contribution in [0.3, 0.4) is 0 Å². The van der Waals surface area contributed by atoms with Gasteiger partial charge in [-0.1, -0.05) is 60.0 Å². The fourth-order valence-electron chi connectivity index (χ4n) is 4.53. The maximum Gasteiger partial charge on any atom is 0.264 e. The molecule has 3 rings (SSSR count). The molecule has 0 radical (unpaired) electrons. The molecular weight excluding hydrogens is 569 g/mol. The lowest BCUT2D eigenvalue weighted by Crippen LogP contribution is -2.52. The van der Waals surface area contributed by atoms with Gasteiger partial charge >= 0.3 is 0 Å². The molecular formula is C30H35Cl2N3O4S. The zero-order valence-corrected chi connectivity index (χ0v) is 25.7. The Morgan fingerprint density at radius 1 is 0.875 bits per heavy atom. The van der Waals surface area contributed by atoms with E-state index in [-0.39, 0.29) is 17.3 Å². The third-order valence-electron chi connectivity index (χ3n) is 6.51. The van der Waals surface area contributed by atoms with Gasteiger partial charge in [0.1, 0.15) is 12.6 Å². The average Bonchev–Trinajstić information content (AvgIpc) is 2.88. The first-order valence-electron chi connectivity index (χ1n) is 13.1. The molecule has 0 aliphatic carbocycles. The van der Waals surface area contributed by atoms with E-state index in [2.05, 4.69) is 5.32 Å². The highest BCUT2D eigenvalue weighted by atomic mass is 35.5. The number of nitrogens with one attached hydrogen (secondary N) is 1. The molecule has 10 heteroatoms. The topological polar surface area (TPSA) is 86.8 Å². The molecule has 40 heavy (non-hydrogen) atoms. The Labute approximate surface area is 247 Å². The summed E-state index contributed by atoms with van der Waals surface area (Å²) in [6, 6.07) is 16.0. The third-order valence-corrected chi connectivity index (χ3v) is 9.01. The molecule has 214 valence electrons. The molecule has 1 atom stereocenters. The summed E-state index contributed by atoms with van der Waals surface area (Å²) in [6.07, 6.45) is 0.300. The van der Waals surface area contributed by atoms with E-state index in [0.717, 1.165) is 21.0 Å². The summed E-state index contributed by atoms with van der Waals surface area (Å²) in [4.78, 5) is 28.6. The lowest BCUT2D eigenvalue weighted by atomic mass is 10.1. The molecule has 0 fully saturated rings. The van der Waals surface area contributed by atoms with E-state index in [1.54, 1.807) is 56.3 Å². The summed E-state index contributed by atoms with van der Waals surface area (Å²) in [7, 11) is -4.15. The minimum Gasteiger partial charge on any atom is -0.355 e. The molecule has 7 nitrogen and oxygen atoms in total. The van der Waals surface area contributed by atoms with E-state index >= 15 is 0 Å². The number of halogens is 2. The summed E-state index contributed by atoms with van der Waals surface area (Å²) in [5, 5.41) is 3.46. The SMILES string of the molecule is CCNC(=O)[C@H](CC)N(Cc1c(Cl)cccc1Cl)C(=O)CN(c1cc(C)cc(C)c1)S(=O)(=O)c1ccc(C)cc1. The van der Waals surface area contributed by atoms with Crippen LogP contribution in [0.2, 0.25) is 10.0 Å². The van der Waals surface area contributed by atoms with Crippen LogP contribution in [0.4, 0.5) is 5.69 Å². The molecule has 0 heterocycles. The summed E-state index contributed by atoms with van der Waals surface area (Å²) >= 11 is 12.9. The van der Waals surface area contributed by atoms with Gasteiger partial charge in [-0.15, -0.1) is 0 Å². The molecule has 0 saturated carbocycles. The van der Waals surface area contributed by atoms with Gasteiger partial charge in [-0.25, -0.2) is 8.42 Å². The Morgan fingerprint density at radius 2 is 1.45 bits per heavy atom. The van der Waals surface area contributed by atoms with Crippen molar-refractivity contribution in [3.63, 3.8) is 0 Å². The summed E-state index contributed by atoms with van der Waals surface area (Å²) in [5.41, 5.74) is 3.43. The maximum absolute atomic E-state index is 14.1. The monoisotopic (exact) mass is 603 g/mol. The van der Waals surface area contributed by atoms with Gasteiger partial charge in [0.2, 0.25) is 11.8 Å². The van der Waals surface area contributed by atoms with Crippen LogP contribution in [-0.4, -0.2) is 44.3 Å². The van der Waals surface area contributed by atoms with Crippen LogP contribution < -0.4 is 9.62 Å². The zero-order chi connectivity index (χ0) is 29.6. The number of rotatable bonds is 11. The Morgan fingerprint density at radius 3 is 1.98 bits per heavy atom. The van der Waals surface area contributed by atoms with Crippen LogP contribution in [0.25, 0.3) is 0 Å². The lowest BCUT2D eigenvalue weighted by molar-refractivity contribution is -0.140. The predicted octanol–water partition coefficient (Wildman–Crippen LogP) is 6.06. The third kappa shape index (κ3) is 7.36. The predicted molar refractivity (Wildman–Crippen MR) is 161 cm³/mol. The first kappa shape index (κ1) is 31.5. The van der Waals surface area contributed by atoms with Crippen molar-refractivity contribution in [3.8, 4) is 0 Å². The summed E-state index contributed by atoms with van der Waals surface area (Å²) in [6.45, 7) is 8.95. The molecule has 0 unspecified atom stereocenters. The van der Waals surface area contributed by atoms with Gasteiger partial charge in [0.05, 0.1) is 10.6 Å². The highest BCUT2D eigenvalue weighted by Gasteiger charge is 2.34. The van der Waals surface area contributed by atoms with Gasteiger partial charge < -0.3 is 10.2 Å². The van der Waals surface area contributed by atoms with Crippen LogP contribution in [0, 0.1) is 20.8 Å². The molecule has 0 aliphatic rings. The van der Waals surface area contributed by atoms with E-state index in [1.165, 1.54) is 17.0 Å². The normalized spacial score (nSPS) is 12.1. The molecule has 0 bridgehead atoms. The number of hydrogen-bond acceptors (Lipinski definition) is 4. The standard InChI is InChI=1S/C30H35Cl2N3O4S/c1-6-28(30(37)33-7-2)34(18-25-26(31)9-8-10-27(25)32)29(36)19-35(23-16-21(4)15-22(5)17-23)40(38,39)24-13-11-20(3)12-14-24/h8-17,28H,6-7,18-19H2,1-5H3,(H,33,37)/t28-/m0/s1. The first-order valence-corrected chi connectivity index (χ1v) is 15.3. The van der Waals surface area contributed by atoms with Crippen LogP contribution >= 0.6 is 23.2 Å². The van der Waals surface area contributed by atoms with Crippen molar-refractivity contribution in [2.24, 2.45) is 0 Å². The molecule has 0 aliphatic heterocycles. The fourth-order valence-corrected chi connectivity index (χ4v) is 6.44. The number of hydrogen-bond donors (Lipinski definition) is 1. The first-order chi connectivity index (χ1) is 18.9. The molecule has 2 amide bonds. The van der Waals surface area contributed by atoms with Crippen molar-refractivity contribution in [2.75, 3.05) is 17.4 Å². The zero-order valence-electron chi connectivity index (χ0n) is 23.4. The molecule has 0 spiro atoms. The Balaban J connectivity index is 2.13. The Bertz CT molecular complexity index is 1440. The fraction of sp³-hybridized carbons (Fsp3) is 0.333. The number of aryl methyl sites for hydroxylation is 3. The molecule has 1 N–H and O–H groups in total. The number of carbonyl (C=O) groups excluding carboxylic acids is 2.